The lowest BCUT2D eigenvalue weighted by Crippen LogP contribution is -2.26. The van der Waals surface area contributed by atoms with Crippen LogP contribution < -0.4 is 10.5 Å². The van der Waals surface area contributed by atoms with E-state index >= 15 is 0 Å². The summed E-state index contributed by atoms with van der Waals surface area (Å²) in [7, 11) is 0. The van der Waals surface area contributed by atoms with Crippen molar-refractivity contribution in [1.29, 1.82) is 0 Å². The molecular weight excluding hydrogens is 238 g/mol. The molecule has 0 bridgehead atoms. The van der Waals surface area contributed by atoms with Crippen LogP contribution in [0.1, 0.15) is 11.1 Å². The minimum Gasteiger partial charge on any atom is -0.491 e. The van der Waals surface area contributed by atoms with E-state index in [0.29, 0.717) is 0 Å². The molecule has 100 valence electrons. The van der Waals surface area contributed by atoms with Gasteiger partial charge in [0.1, 0.15) is 18.5 Å². The summed E-state index contributed by atoms with van der Waals surface area (Å²) >= 11 is 0. The smallest absolute Gasteiger partial charge is 0.119 e. The first kappa shape index (κ1) is 13.6. The predicted molar refractivity (Wildman–Crippen MR) is 76.2 cm³/mol. The highest BCUT2D eigenvalue weighted by Gasteiger charge is 2.02. The van der Waals surface area contributed by atoms with Crippen LogP contribution in [0.4, 0.5) is 0 Å². The van der Waals surface area contributed by atoms with Crippen LogP contribution in [0.3, 0.4) is 0 Å². The number of aliphatic hydroxyl groups excluding tert-OH is 1. The topological polar surface area (TPSA) is 55.5 Å². The molecule has 0 aliphatic carbocycles. The number of rotatable bonds is 6. The van der Waals surface area contributed by atoms with E-state index in [1.54, 1.807) is 0 Å². The van der Waals surface area contributed by atoms with E-state index in [1.807, 2.05) is 42.5 Å². The average molecular weight is 257 g/mol. The highest BCUT2D eigenvalue weighted by atomic mass is 16.5. The summed E-state index contributed by atoms with van der Waals surface area (Å²) in [6.45, 7) is 0.445. The van der Waals surface area contributed by atoms with Crippen molar-refractivity contribution in [2.45, 2.75) is 12.5 Å². The van der Waals surface area contributed by atoms with E-state index < -0.39 is 6.10 Å². The predicted octanol–water partition coefficient (Wildman–Crippen LogP) is 1.98. The molecule has 1 atom stereocenters. The molecule has 2 rings (SSSR count). The van der Waals surface area contributed by atoms with Crippen LogP contribution in [0.5, 0.6) is 5.75 Å². The first-order chi connectivity index (χ1) is 9.28. The Morgan fingerprint density at radius 1 is 0.947 bits per heavy atom. The van der Waals surface area contributed by atoms with E-state index in [4.69, 9.17) is 10.5 Å². The van der Waals surface area contributed by atoms with Crippen LogP contribution in [-0.4, -0.2) is 24.4 Å². The summed E-state index contributed by atoms with van der Waals surface area (Å²) in [5, 5.41) is 9.32. The summed E-state index contributed by atoms with van der Waals surface area (Å²) < 4.78 is 5.43. The zero-order chi connectivity index (χ0) is 13.5. The maximum absolute atomic E-state index is 9.32. The Kier molecular flexibility index (Phi) is 4.95. The van der Waals surface area contributed by atoms with Crippen molar-refractivity contribution < 1.29 is 9.84 Å². The van der Waals surface area contributed by atoms with Crippen LogP contribution in [-0.2, 0) is 6.42 Å². The second-order valence-corrected chi connectivity index (χ2v) is 4.51. The van der Waals surface area contributed by atoms with Gasteiger partial charge in [0.05, 0.1) is 0 Å². The van der Waals surface area contributed by atoms with Gasteiger partial charge < -0.3 is 15.6 Å². The van der Waals surface area contributed by atoms with E-state index in [1.165, 1.54) is 11.1 Å². The standard InChI is InChI=1S/C16H19NO2/c17-11-15(18)12-19-16-8-6-14(7-9-16)10-13-4-2-1-3-5-13/h1-9,15,18H,10-12,17H2. The van der Waals surface area contributed by atoms with E-state index in [9.17, 15) is 5.11 Å². The van der Waals surface area contributed by atoms with Gasteiger partial charge in [0.25, 0.3) is 0 Å². The molecule has 0 fully saturated rings. The molecule has 2 aromatic rings. The van der Waals surface area contributed by atoms with Gasteiger partial charge in [-0.3, -0.25) is 0 Å². The Balaban J connectivity index is 1.91. The third-order valence-corrected chi connectivity index (χ3v) is 2.89. The van der Waals surface area contributed by atoms with Gasteiger partial charge in [0.15, 0.2) is 0 Å². The number of nitrogens with two attached hydrogens (primary N) is 1. The highest BCUT2D eigenvalue weighted by Crippen LogP contribution is 2.15. The molecule has 1 unspecified atom stereocenters. The van der Waals surface area contributed by atoms with Crippen molar-refractivity contribution >= 4 is 0 Å². The summed E-state index contributed by atoms with van der Waals surface area (Å²) in [6.07, 6.45) is 0.302. The molecule has 0 amide bonds. The molecule has 0 heterocycles. The SMILES string of the molecule is NCC(O)COc1ccc(Cc2ccccc2)cc1. The fraction of sp³-hybridized carbons (Fsp3) is 0.250. The third kappa shape index (κ3) is 4.39. The van der Waals surface area contributed by atoms with Crippen LogP contribution in [0, 0.1) is 0 Å². The van der Waals surface area contributed by atoms with Crippen LogP contribution in [0.2, 0.25) is 0 Å². The molecule has 0 saturated carbocycles. The van der Waals surface area contributed by atoms with Gasteiger partial charge >= 0.3 is 0 Å². The second kappa shape index (κ2) is 6.92. The molecule has 3 heteroatoms. The van der Waals surface area contributed by atoms with E-state index in [0.717, 1.165) is 12.2 Å². The van der Waals surface area contributed by atoms with Gasteiger partial charge in [-0.05, 0) is 29.7 Å². The Morgan fingerprint density at radius 3 is 2.21 bits per heavy atom. The van der Waals surface area contributed by atoms with Crippen molar-refractivity contribution in [2.75, 3.05) is 13.2 Å². The molecule has 0 saturated heterocycles. The normalized spacial score (nSPS) is 12.1. The molecule has 0 aromatic heterocycles. The monoisotopic (exact) mass is 257 g/mol. The molecule has 0 aliphatic rings. The lowest BCUT2D eigenvalue weighted by Gasteiger charge is -2.10. The third-order valence-electron chi connectivity index (χ3n) is 2.89. The molecule has 19 heavy (non-hydrogen) atoms. The van der Waals surface area contributed by atoms with Gasteiger partial charge in [-0.2, -0.15) is 0 Å². The number of hydrogen-bond acceptors (Lipinski definition) is 3. The molecular formula is C16H19NO2. The summed E-state index contributed by atoms with van der Waals surface area (Å²) in [6, 6.07) is 18.2. The summed E-state index contributed by atoms with van der Waals surface area (Å²) in [5.41, 5.74) is 7.84. The Hall–Kier alpha value is -1.84. The van der Waals surface area contributed by atoms with Crippen LogP contribution >= 0.6 is 0 Å². The fourth-order valence-corrected chi connectivity index (χ4v) is 1.80. The zero-order valence-electron chi connectivity index (χ0n) is 10.8. The zero-order valence-corrected chi connectivity index (χ0v) is 10.8. The van der Waals surface area contributed by atoms with Crippen molar-refractivity contribution in [3.8, 4) is 5.75 Å². The lowest BCUT2D eigenvalue weighted by molar-refractivity contribution is 0.114. The number of hydrogen-bond donors (Lipinski definition) is 2. The van der Waals surface area contributed by atoms with E-state index in [-0.39, 0.29) is 13.2 Å². The largest absolute Gasteiger partial charge is 0.491 e. The van der Waals surface area contributed by atoms with E-state index in [2.05, 4.69) is 12.1 Å². The lowest BCUT2D eigenvalue weighted by atomic mass is 10.1. The minimum absolute atomic E-state index is 0.214. The summed E-state index contributed by atoms with van der Waals surface area (Å²) in [5.74, 6) is 0.754. The number of ether oxygens (including phenoxy) is 1. The quantitative estimate of drug-likeness (QED) is 0.832. The average Bonchev–Trinajstić information content (AvgIpc) is 2.47. The summed E-state index contributed by atoms with van der Waals surface area (Å²) in [4.78, 5) is 0. The minimum atomic E-state index is -0.607. The Labute approximate surface area is 113 Å². The number of benzene rings is 2. The molecule has 0 aliphatic heterocycles. The molecule has 2 aromatic carbocycles. The van der Waals surface area contributed by atoms with Crippen molar-refractivity contribution in [3.63, 3.8) is 0 Å². The molecule has 0 spiro atoms. The molecule has 0 radical (unpaired) electrons. The van der Waals surface area contributed by atoms with Crippen LogP contribution in [0.15, 0.2) is 54.6 Å². The van der Waals surface area contributed by atoms with Gasteiger partial charge in [-0.1, -0.05) is 42.5 Å². The first-order valence-corrected chi connectivity index (χ1v) is 6.41. The molecule has 3 nitrogen and oxygen atoms in total. The second-order valence-electron chi connectivity index (χ2n) is 4.51. The van der Waals surface area contributed by atoms with Crippen LogP contribution in [0.25, 0.3) is 0 Å². The maximum Gasteiger partial charge on any atom is 0.119 e. The maximum atomic E-state index is 9.32. The molecule has 3 N–H and O–H groups in total. The van der Waals surface area contributed by atoms with Gasteiger partial charge in [0, 0.05) is 6.54 Å². The van der Waals surface area contributed by atoms with Crippen molar-refractivity contribution in [2.24, 2.45) is 5.73 Å². The Bertz CT molecular complexity index is 482. The highest BCUT2D eigenvalue weighted by molar-refractivity contribution is 5.31. The van der Waals surface area contributed by atoms with Crippen molar-refractivity contribution in [1.82, 2.24) is 0 Å². The first-order valence-electron chi connectivity index (χ1n) is 6.41. The van der Waals surface area contributed by atoms with Gasteiger partial charge in [-0.25, -0.2) is 0 Å². The van der Waals surface area contributed by atoms with Gasteiger partial charge in [0.2, 0.25) is 0 Å². The fourth-order valence-electron chi connectivity index (χ4n) is 1.80. The van der Waals surface area contributed by atoms with Crippen molar-refractivity contribution in [3.05, 3.63) is 65.7 Å². The van der Waals surface area contributed by atoms with Gasteiger partial charge in [-0.15, -0.1) is 0 Å². The number of aliphatic hydroxyl groups is 1. The Morgan fingerprint density at radius 2 is 1.58 bits per heavy atom.